The number of ketones is 2. The Labute approximate surface area is 189 Å². The van der Waals surface area contributed by atoms with E-state index in [9.17, 15) is 9.59 Å². The molecule has 0 unspecified atom stereocenters. The van der Waals surface area contributed by atoms with Crippen LogP contribution in [0.4, 0.5) is 0 Å². The Bertz CT molecular complexity index is 573. The standard InChI is InChI=1S/C7H4N2O2S.2Na.2H2O3S.2H2O/c1-3-2-4(10)5-6(7(3)11)9-12-8-5;;;2*1-4(2)3;;/h2H,1H3;;;2*(H2,1,2,3);2*1H2/q;2*+1;;;;/p-4. The zero-order chi connectivity index (χ0) is 15.9. The second-order valence-corrected chi connectivity index (χ2v) is 4.24. The largest absolute Gasteiger partial charge is 1.00 e. The summed E-state index contributed by atoms with van der Waals surface area (Å²) in [4.78, 5) is 22.5. The van der Waals surface area contributed by atoms with Gasteiger partial charge in [-0.2, -0.15) is 8.75 Å². The maximum atomic E-state index is 11.3. The van der Waals surface area contributed by atoms with Crippen molar-refractivity contribution in [1.29, 1.82) is 0 Å². The second-order valence-electron chi connectivity index (χ2n) is 2.89. The second kappa shape index (κ2) is 18.5. The van der Waals surface area contributed by atoms with Gasteiger partial charge in [-0.15, -0.1) is 22.7 Å². The van der Waals surface area contributed by atoms with Crippen LogP contribution in [0.1, 0.15) is 27.9 Å². The Morgan fingerprint density at radius 2 is 1.25 bits per heavy atom. The van der Waals surface area contributed by atoms with E-state index in [1.54, 1.807) is 6.92 Å². The van der Waals surface area contributed by atoms with E-state index in [4.69, 9.17) is 26.6 Å². The summed E-state index contributed by atoms with van der Waals surface area (Å²) in [6, 6.07) is 0. The van der Waals surface area contributed by atoms with Gasteiger partial charge in [0.05, 0.1) is 11.7 Å². The van der Waals surface area contributed by atoms with Crippen molar-refractivity contribution < 1.29 is 106 Å². The van der Waals surface area contributed by atoms with E-state index in [2.05, 4.69) is 8.75 Å². The molecule has 0 spiro atoms. The molecule has 0 aliphatic heterocycles. The van der Waals surface area contributed by atoms with Gasteiger partial charge in [0.25, 0.3) is 0 Å². The number of carbonyl (C=O) groups excluding carboxylic acids is 2. The van der Waals surface area contributed by atoms with Crippen molar-refractivity contribution in [1.82, 2.24) is 8.75 Å². The van der Waals surface area contributed by atoms with E-state index in [-0.39, 0.29) is 93.0 Å². The SMILES string of the molecule is CC1=CC(=O)c2nsnc2C1=O.O.O.O=S([O-])[O-].O=S([O-])[O-].[Na+].[Na+]. The maximum Gasteiger partial charge on any atom is 1.00 e. The number of hydrogen-bond donors (Lipinski definition) is 0. The first-order chi connectivity index (χ1) is 9.16. The van der Waals surface area contributed by atoms with Crippen molar-refractivity contribution in [2.45, 2.75) is 6.92 Å². The average Bonchev–Trinajstić information content (AvgIpc) is 2.73. The molecule has 1 heterocycles. The number of carbonyl (C=O) groups is 2. The molecule has 0 fully saturated rings. The summed E-state index contributed by atoms with van der Waals surface area (Å²) in [6.07, 6.45) is 1.30. The molecule has 2 rings (SSSR count). The summed E-state index contributed by atoms with van der Waals surface area (Å²) < 4.78 is 58.2. The first-order valence-electron chi connectivity index (χ1n) is 4.30. The molecule has 1 aliphatic rings. The van der Waals surface area contributed by atoms with Gasteiger partial charge in [0.15, 0.2) is 11.4 Å². The van der Waals surface area contributed by atoms with Crippen LogP contribution in [0, 0.1) is 0 Å². The van der Waals surface area contributed by atoms with Crippen LogP contribution in [0.15, 0.2) is 11.6 Å². The molecule has 0 saturated heterocycles. The van der Waals surface area contributed by atoms with E-state index in [1.165, 1.54) is 6.08 Å². The number of Topliss-reactive ketones (excluding diaryl/α,β-unsaturated/α-hetero) is 1. The fourth-order valence-corrected chi connectivity index (χ4v) is 1.57. The molecule has 0 amide bonds. The van der Waals surface area contributed by atoms with Crippen molar-refractivity contribution in [2.24, 2.45) is 0 Å². The first-order valence-corrected chi connectivity index (χ1v) is 7.03. The fourth-order valence-electron chi connectivity index (χ4n) is 1.02. The van der Waals surface area contributed by atoms with Crippen molar-refractivity contribution in [2.75, 3.05) is 0 Å². The summed E-state index contributed by atoms with van der Waals surface area (Å²) in [7, 11) is 0. The van der Waals surface area contributed by atoms with Crippen LogP contribution >= 0.6 is 11.7 Å². The van der Waals surface area contributed by atoms with E-state index >= 15 is 0 Å². The van der Waals surface area contributed by atoms with Crippen LogP contribution in [-0.4, -0.2) is 57.9 Å². The fraction of sp³-hybridized carbons (Fsp3) is 0.143. The Morgan fingerprint density at radius 1 is 0.917 bits per heavy atom. The van der Waals surface area contributed by atoms with Crippen LogP contribution < -0.4 is 59.1 Å². The molecule has 0 atom stereocenters. The molecule has 0 saturated carbocycles. The quantitative estimate of drug-likeness (QED) is 0.282. The third kappa shape index (κ3) is 15.0. The predicted octanol–water partition coefficient (Wildman–Crippen LogP) is -8.79. The minimum Gasteiger partial charge on any atom is -0.784 e. The zero-order valence-electron chi connectivity index (χ0n) is 12.5. The first kappa shape index (κ1) is 35.7. The summed E-state index contributed by atoms with van der Waals surface area (Å²) in [6.45, 7) is 1.60. The third-order valence-electron chi connectivity index (χ3n) is 1.64. The molecule has 1 aromatic rings. The Hall–Kier alpha value is 0.700. The van der Waals surface area contributed by atoms with Gasteiger partial charge in [-0.1, -0.05) is 0 Å². The Balaban J connectivity index is -0.0000000876. The number of nitrogens with zero attached hydrogens (tertiary/aromatic N) is 2. The molecular formula is C7H8N2Na2O10S3-2. The van der Waals surface area contributed by atoms with Crippen LogP contribution in [-0.2, 0) is 22.7 Å². The number of allylic oxidation sites excluding steroid dienone is 2. The van der Waals surface area contributed by atoms with Gasteiger partial charge in [0.2, 0.25) is 11.6 Å². The van der Waals surface area contributed by atoms with Crippen LogP contribution in [0.2, 0.25) is 0 Å². The normalized spacial score (nSPS) is 10.9. The van der Waals surface area contributed by atoms with Gasteiger partial charge >= 0.3 is 59.1 Å². The molecule has 4 N–H and O–H groups in total. The molecule has 128 valence electrons. The summed E-state index contributed by atoms with van der Waals surface area (Å²) in [5, 5.41) is 0. The summed E-state index contributed by atoms with van der Waals surface area (Å²) in [5.41, 5.74) is 0.820. The molecule has 12 nitrogen and oxygen atoms in total. The molecule has 0 bridgehead atoms. The van der Waals surface area contributed by atoms with E-state index in [0.717, 1.165) is 11.7 Å². The Morgan fingerprint density at radius 3 is 1.62 bits per heavy atom. The monoisotopic (exact) mass is 422 g/mol. The van der Waals surface area contributed by atoms with Gasteiger partial charge in [-0.25, -0.2) is 0 Å². The van der Waals surface area contributed by atoms with Gasteiger partial charge in [-0.05, 0) is 13.0 Å². The Kier molecular flexibility index (Phi) is 27.5. The number of fused-ring (bicyclic) bond motifs is 1. The van der Waals surface area contributed by atoms with Crippen molar-refractivity contribution >= 4 is 46.0 Å². The van der Waals surface area contributed by atoms with Gasteiger partial charge in [0, 0.05) is 5.57 Å². The van der Waals surface area contributed by atoms with Gasteiger partial charge in [-0.3, -0.25) is 18.0 Å². The van der Waals surface area contributed by atoms with Gasteiger partial charge < -0.3 is 29.2 Å². The number of aromatic nitrogens is 2. The minimum absolute atomic E-state index is 0. The third-order valence-corrected chi connectivity index (χ3v) is 2.17. The molecule has 0 radical (unpaired) electrons. The topological polar surface area (TPSA) is 249 Å². The van der Waals surface area contributed by atoms with Crippen LogP contribution in [0.3, 0.4) is 0 Å². The van der Waals surface area contributed by atoms with Crippen LogP contribution in [0.25, 0.3) is 0 Å². The van der Waals surface area contributed by atoms with Crippen LogP contribution in [0.5, 0.6) is 0 Å². The molecular weight excluding hydrogens is 414 g/mol. The smallest absolute Gasteiger partial charge is 0.784 e. The van der Waals surface area contributed by atoms with E-state index in [0.29, 0.717) is 5.57 Å². The summed E-state index contributed by atoms with van der Waals surface area (Å²) in [5.74, 6) is -0.422. The summed E-state index contributed by atoms with van der Waals surface area (Å²) >= 11 is -5.33. The molecule has 1 aliphatic carbocycles. The number of rotatable bonds is 0. The average molecular weight is 422 g/mol. The number of hydrogen-bond acceptors (Lipinski definition) is 11. The molecule has 0 aromatic carbocycles. The van der Waals surface area contributed by atoms with Gasteiger partial charge in [0.1, 0.15) is 0 Å². The predicted molar refractivity (Wildman–Crippen MR) is 68.9 cm³/mol. The molecule has 1 aromatic heterocycles. The maximum absolute atomic E-state index is 11.3. The van der Waals surface area contributed by atoms with Crippen molar-refractivity contribution in [3.05, 3.63) is 23.0 Å². The van der Waals surface area contributed by atoms with Crippen molar-refractivity contribution in [3.8, 4) is 0 Å². The minimum atomic E-state index is -3.11. The van der Waals surface area contributed by atoms with Crippen molar-refractivity contribution in [3.63, 3.8) is 0 Å². The zero-order valence-corrected chi connectivity index (χ0v) is 18.9. The van der Waals surface area contributed by atoms with E-state index in [1.807, 2.05) is 0 Å². The molecule has 17 heteroatoms. The van der Waals surface area contributed by atoms with E-state index < -0.39 is 22.7 Å². The molecule has 24 heavy (non-hydrogen) atoms.